The number of ether oxygens (including phenoxy) is 1. The van der Waals surface area contributed by atoms with Gasteiger partial charge in [0.05, 0.1) is 13.7 Å². The lowest BCUT2D eigenvalue weighted by atomic mass is 10.1. The summed E-state index contributed by atoms with van der Waals surface area (Å²) in [5.41, 5.74) is 2.39. The zero-order valence-corrected chi connectivity index (χ0v) is 13.4. The predicted octanol–water partition coefficient (Wildman–Crippen LogP) is 3.94. The van der Waals surface area contributed by atoms with Gasteiger partial charge in [0, 0.05) is 29.7 Å². The monoisotopic (exact) mass is 318 g/mol. The molecule has 0 saturated carbocycles. The van der Waals surface area contributed by atoms with E-state index in [1.807, 2.05) is 66.7 Å². The van der Waals surface area contributed by atoms with Crippen molar-refractivity contribution < 1.29 is 9.53 Å². The molecule has 3 aromatic rings. The molecule has 0 aliphatic rings. The van der Waals surface area contributed by atoms with Crippen LogP contribution in [0.4, 0.5) is 5.69 Å². The highest BCUT2D eigenvalue weighted by molar-refractivity contribution is 6.06. The molecule has 0 atom stereocenters. The predicted molar refractivity (Wildman–Crippen MR) is 94.2 cm³/mol. The van der Waals surface area contributed by atoms with E-state index in [4.69, 9.17) is 4.74 Å². The van der Waals surface area contributed by atoms with Crippen molar-refractivity contribution >= 4 is 11.6 Å². The number of pyridine rings is 1. The van der Waals surface area contributed by atoms with Crippen LogP contribution in [0.25, 0.3) is 0 Å². The number of benzene rings is 2. The first kappa shape index (κ1) is 15.7. The summed E-state index contributed by atoms with van der Waals surface area (Å²) in [4.78, 5) is 18.9. The van der Waals surface area contributed by atoms with Crippen molar-refractivity contribution in [1.29, 1.82) is 0 Å². The minimum atomic E-state index is -0.0623. The second kappa shape index (κ2) is 7.42. The lowest BCUT2D eigenvalue weighted by Gasteiger charge is -2.23. The molecule has 3 rings (SSSR count). The van der Waals surface area contributed by atoms with Gasteiger partial charge in [-0.3, -0.25) is 9.78 Å². The molecule has 0 spiro atoms. The molecule has 0 bridgehead atoms. The van der Waals surface area contributed by atoms with Gasteiger partial charge in [-0.1, -0.05) is 30.3 Å². The molecule has 0 saturated heterocycles. The van der Waals surface area contributed by atoms with E-state index >= 15 is 0 Å². The van der Waals surface area contributed by atoms with Gasteiger partial charge < -0.3 is 9.64 Å². The van der Waals surface area contributed by atoms with E-state index in [9.17, 15) is 4.79 Å². The Balaban J connectivity index is 1.98. The zero-order valence-electron chi connectivity index (χ0n) is 13.4. The van der Waals surface area contributed by atoms with Gasteiger partial charge in [-0.15, -0.1) is 0 Å². The van der Waals surface area contributed by atoms with Gasteiger partial charge in [0.25, 0.3) is 5.91 Å². The fourth-order valence-corrected chi connectivity index (χ4v) is 2.47. The number of carbonyl (C=O) groups is 1. The molecule has 0 fully saturated rings. The van der Waals surface area contributed by atoms with Crippen molar-refractivity contribution in [2.75, 3.05) is 12.0 Å². The molecule has 120 valence electrons. The normalized spacial score (nSPS) is 10.2. The van der Waals surface area contributed by atoms with E-state index in [2.05, 4.69) is 4.98 Å². The Morgan fingerprint density at radius 1 is 1.04 bits per heavy atom. The van der Waals surface area contributed by atoms with Crippen molar-refractivity contribution in [3.05, 3.63) is 90.3 Å². The number of nitrogens with zero attached hydrogens (tertiary/aromatic N) is 2. The van der Waals surface area contributed by atoms with E-state index in [0.717, 1.165) is 11.3 Å². The van der Waals surface area contributed by atoms with Crippen LogP contribution in [0.3, 0.4) is 0 Å². The van der Waals surface area contributed by atoms with Gasteiger partial charge in [0.15, 0.2) is 0 Å². The fraction of sp³-hybridized carbons (Fsp3) is 0.100. The van der Waals surface area contributed by atoms with Gasteiger partial charge in [0.1, 0.15) is 5.75 Å². The van der Waals surface area contributed by atoms with Crippen LogP contribution < -0.4 is 9.64 Å². The van der Waals surface area contributed by atoms with Crippen LogP contribution in [-0.4, -0.2) is 18.0 Å². The molecule has 0 aliphatic carbocycles. The minimum absolute atomic E-state index is 0.0623. The number of carbonyl (C=O) groups excluding carboxylic acids is 1. The van der Waals surface area contributed by atoms with E-state index in [-0.39, 0.29) is 5.91 Å². The van der Waals surface area contributed by atoms with Crippen molar-refractivity contribution in [1.82, 2.24) is 4.98 Å². The molecule has 24 heavy (non-hydrogen) atoms. The lowest BCUT2D eigenvalue weighted by molar-refractivity contribution is 0.0985. The average Bonchev–Trinajstić information content (AvgIpc) is 2.67. The first-order chi connectivity index (χ1) is 11.8. The summed E-state index contributed by atoms with van der Waals surface area (Å²) in [5.74, 6) is 0.650. The lowest BCUT2D eigenvalue weighted by Crippen LogP contribution is -2.30. The number of aromatic nitrogens is 1. The summed E-state index contributed by atoms with van der Waals surface area (Å²) in [7, 11) is 1.61. The smallest absolute Gasteiger partial charge is 0.258 e. The summed E-state index contributed by atoms with van der Waals surface area (Å²) >= 11 is 0. The summed E-state index contributed by atoms with van der Waals surface area (Å²) in [6.45, 7) is 0.439. The second-order valence-corrected chi connectivity index (χ2v) is 5.32. The SMILES string of the molecule is COc1cccc(N(Cc2cccnc2)C(=O)c2ccccc2)c1. The average molecular weight is 318 g/mol. The quantitative estimate of drug-likeness (QED) is 0.715. The second-order valence-electron chi connectivity index (χ2n) is 5.32. The maximum absolute atomic E-state index is 13.0. The van der Waals surface area contributed by atoms with E-state index in [0.29, 0.717) is 17.9 Å². The van der Waals surface area contributed by atoms with Crippen molar-refractivity contribution in [3.8, 4) is 5.75 Å². The Morgan fingerprint density at radius 3 is 2.58 bits per heavy atom. The Morgan fingerprint density at radius 2 is 1.88 bits per heavy atom. The minimum Gasteiger partial charge on any atom is -0.497 e. The number of hydrogen-bond donors (Lipinski definition) is 0. The maximum Gasteiger partial charge on any atom is 0.258 e. The molecule has 0 unspecified atom stereocenters. The number of amides is 1. The van der Waals surface area contributed by atoms with Gasteiger partial charge in [-0.05, 0) is 35.9 Å². The van der Waals surface area contributed by atoms with Gasteiger partial charge in [-0.25, -0.2) is 0 Å². The third-order valence-electron chi connectivity index (χ3n) is 3.69. The molecule has 2 aromatic carbocycles. The summed E-state index contributed by atoms with van der Waals surface area (Å²) < 4.78 is 5.29. The van der Waals surface area contributed by atoms with Crippen LogP contribution in [0, 0.1) is 0 Å². The zero-order chi connectivity index (χ0) is 16.8. The highest BCUT2D eigenvalue weighted by atomic mass is 16.5. The van der Waals surface area contributed by atoms with Gasteiger partial charge in [-0.2, -0.15) is 0 Å². The molecule has 1 aromatic heterocycles. The first-order valence-corrected chi connectivity index (χ1v) is 7.68. The van der Waals surface area contributed by atoms with Crippen LogP contribution in [0.1, 0.15) is 15.9 Å². The molecule has 0 aliphatic heterocycles. The molecular formula is C20H18N2O2. The number of rotatable bonds is 5. The Bertz CT molecular complexity index is 804. The van der Waals surface area contributed by atoms with Crippen molar-refractivity contribution in [3.63, 3.8) is 0 Å². The third kappa shape index (κ3) is 3.60. The number of anilines is 1. The highest BCUT2D eigenvalue weighted by Gasteiger charge is 2.18. The van der Waals surface area contributed by atoms with Crippen LogP contribution in [0.15, 0.2) is 79.1 Å². The standard InChI is InChI=1S/C20H18N2O2/c1-24-19-11-5-10-18(13-19)22(15-16-7-6-12-21-14-16)20(23)17-8-3-2-4-9-17/h2-14H,15H2,1H3. The fourth-order valence-electron chi connectivity index (χ4n) is 2.47. The van der Waals surface area contributed by atoms with Gasteiger partial charge >= 0.3 is 0 Å². The van der Waals surface area contributed by atoms with E-state index in [1.165, 1.54) is 0 Å². The summed E-state index contributed by atoms with van der Waals surface area (Å²) in [6, 6.07) is 20.6. The molecule has 4 heteroatoms. The van der Waals surface area contributed by atoms with E-state index < -0.39 is 0 Å². The molecular weight excluding hydrogens is 300 g/mol. The first-order valence-electron chi connectivity index (χ1n) is 7.68. The van der Waals surface area contributed by atoms with Gasteiger partial charge in [0.2, 0.25) is 0 Å². The molecule has 1 amide bonds. The topological polar surface area (TPSA) is 42.4 Å². The van der Waals surface area contributed by atoms with E-state index in [1.54, 1.807) is 24.4 Å². The third-order valence-corrected chi connectivity index (χ3v) is 3.69. The van der Waals surface area contributed by atoms with Crippen molar-refractivity contribution in [2.45, 2.75) is 6.54 Å². The summed E-state index contributed by atoms with van der Waals surface area (Å²) in [6.07, 6.45) is 3.49. The van der Waals surface area contributed by atoms with Crippen LogP contribution in [0.5, 0.6) is 5.75 Å². The molecule has 0 N–H and O–H groups in total. The largest absolute Gasteiger partial charge is 0.497 e. The highest BCUT2D eigenvalue weighted by Crippen LogP contribution is 2.24. The Hall–Kier alpha value is -3.14. The molecule has 4 nitrogen and oxygen atoms in total. The van der Waals surface area contributed by atoms with Crippen LogP contribution >= 0.6 is 0 Å². The molecule has 1 heterocycles. The number of methoxy groups -OCH3 is 1. The Kier molecular flexibility index (Phi) is 4.87. The Labute approximate surface area is 141 Å². The van der Waals surface area contributed by atoms with Crippen LogP contribution in [0.2, 0.25) is 0 Å². The maximum atomic E-state index is 13.0. The van der Waals surface area contributed by atoms with Crippen LogP contribution in [-0.2, 0) is 6.54 Å². The summed E-state index contributed by atoms with van der Waals surface area (Å²) in [5, 5.41) is 0. The number of hydrogen-bond acceptors (Lipinski definition) is 3. The van der Waals surface area contributed by atoms with Crippen molar-refractivity contribution in [2.24, 2.45) is 0 Å². The molecule has 0 radical (unpaired) electrons.